The Hall–Kier alpha value is -12.2. The maximum atomic E-state index is 19.3. The van der Waals surface area contributed by atoms with Gasteiger partial charge in [0.1, 0.15) is 29.4 Å². The van der Waals surface area contributed by atoms with Crippen LogP contribution >= 0.6 is 0 Å². The van der Waals surface area contributed by atoms with Crippen LogP contribution < -0.4 is 26.8 Å². The van der Waals surface area contributed by atoms with Crippen molar-refractivity contribution in [1.29, 1.82) is 0 Å². The number of hydrogen-bond acceptors (Lipinski definition) is 0. The highest BCUT2D eigenvalue weighted by Crippen LogP contribution is 2.55. The van der Waals surface area contributed by atoms with Crippen molar-refractivity contribution < 1.29 is 198 Å². The van der Waals surface area contributed by atoms with Crippen molar-refractivity contribution in [2.24, 2.45) is 0 Å². The van der Waals surface area contributed by atoms with Crippen molar-refractivity contribution in [2.45, 2.75) is 109 Å². The molecule has 0 heterocycles. The van der Waals surface area contributed by atoms with Crippen LogP contribution in [0.4, 0.5) is 199 Å². The van der Waals surface area contributed by atoms with Crippen LogP contribution in [0, 0.1) is 221 Å². The number of alkyl halides is 6. The van der Waals surface area contributed by atoms with Gasteiger partial charge in [-0.05, 0) is 46.9 Å². The minimum Gasteiger partial charge on any atom is -0.234 e. The second-order valence-electron chi connectivity index (χ2n) is 31.4. The first kappa shape index (κ1) is 95.0. The van der Waals surface area contributed by atoms with Gasteiger partial charge in [0, 0.05) is 55.6 Å². The van der Waals surface area contributed by atoms with Gasteiger partial charge in [-0.1, -0.05) is 71.3 Å². The van der Waals surface area contributed by atoms with E-state index in [2.05, 4.69) is 0 Å². The lowest BCUT2D eigenvalue weighted by Gasteiger charge is -2.48. The molecule has 1 atom stereocenters. The van der Waals surface area contributed by atoms with E-state index in [0.29, 0.717) is 31.7 Å². The van der Waals surface area contributed by atoms with Crippen LogP contribution in [-0.2, 0) is 0 Å². The number of quaternary nitrogens is 1. The van der Waals surface area contributed by atoms with Gasteiger partial charge in [0.15, 0.2) is 198 Å². The summed E-state index contributed by atoms with van der Waals surface area (Å²) >= 11 is 0. The lowest BCUT2D eigenvalue weighted by Crippen LogP contribution is -3.17. The lowest BCUT2D eigenvalue weighted by molar-refractivity contribution is -0.949. The molecule has 17 aromatic carbocycles. The first-order valence-corrected chi connectivity index (χ1v) is 38.8. The van der Waals surface area contributed by atoms with Gasteiger partial charge in [-0.3, -0.25) is 0 Å². The molecule has 46 heteroatoms. The molecule has 0 aliphatic rings. The summed E-state index contributed by atoms with van der Waals surface area (Å²) in [5.41, 5.74) is -17.0. The maximum Gasteiger partial charge on any atom is 0.464 e. The van der Waals surface area contributed by atoms with E-state index in [1.54, 1.807) is 6.92 Å². The van der Waals surface area contributed by atoms with Gasteiger partial charge in [-0.15, -0.1) is 30.6 Å². The van der Waals surface area contributed by atoms with Crippen molar-refractivity contribution in [2.75, 3.05) is 6.54 Å². The topological polar surface area (TPSA) is 4.44 Å². The molecule has 0 bridgehead atoms. The Morgan fingerprint density at radius 1 is 0.201 bits per heavy atom. The molecule has 17 rings (SSSR count). The van der Waals surface area contributed by atoms with Crippen molar-refractivity contribution in [3.05, 3.63) is 239 Å². The highest BCUT2D eigenvalue weighted by Gasteiger charge is 2.77. The Morgan fingerprint density at radius 2 is 0.388 bits per heavy atom. The van der Waals surface area contributed by atoms with E-state index in [1.807, 2.05) is 6.92 Å². The summed E-state index contributed by atoms with van der Waals surface area (Å²) < 4.78 is 737. The van der Waals surface area contributed by atoms with Gasteiger partial charge >= 0.3 is 17.9 Å². The van der Waals surface area contributed by atoms with E-state index in [4.69, 9.17) is 0 Å². The number of unbranched alkanes of at least 4 members (excludes halogenated alkanes) is 9. The van der Waals surface area contributed by atoms with Crippen LogP contribution in [0.1, 0.15) is 90.9 Å². The average Bonchev–Trinajstić information content (AvgIpc) is 0.641. The molecule has 0 saturated carbocycles. The van der Waals surface area contributed by atoms with Crippen molar-refractivity contribution in [3.8, 4) is 0 Å². The number of hydrogen-bond donors (Lipinski definition) is 1. The molecule has 0 saturated heterocycles. The molecule has 0 aromatic heterocycles. The SMILES string of the molecule is CCCCCCCCC[NH+](c1cccc(F)c1F)C(F)(F)C(F)(F)C(F)(F)CCCCCC.Fc1c(F)c2c(F)c(F)c3c(F)c(F)c([B-](c4c(F)c(F)c5c(F)c(F)c6c(F)c(F)c(F)c7c(F)c(F)c4c5c67)(c4c(F)c(F)c5c(F)c(F)c6c(F)c(F)c(F)c7c(F)c(F)c4c5c67)c4c(F)c(F)c5c(F)c(F)c6c(F)c(F)c(F)c7c(F)c(F)c4c5c67)c4c(F)c(F)c(c1F)c2c34. The minimum absolute atomic E-state index is 0.0227. The van der Waals surface area contributed by atoms with Crippen molar-refractivity contribution >= 4 is 163 Å². The third kappa shape index (κ3) is 12.1. The zero-order valence-corrected chi connectivity index (χ0v) is 65.6. The fourth-order valence-corrected chi connectivity index (χ4v) is 18.9. The first-order chi connectivity index (χ1) is 62.7. The van der Waals surface area contributed by atoms with Crippen LogP contribution in [0.25, 0.3) is 129 Å². The molecule has 1 unspecified atom stereocenters. The fraction of sp³-hybridized carbons (Fsp3) is 0.205. The van der Waals surface area contributed by atoms with Crippen molar-refractivity contribution in [3.63, 3.8) is 0 Å². The van der Waals surface area contributed by atoms with E-state index in [0.717, 1.165) is 37.8 Å². The molecule has 0 aliphatic heterocycles. The second-order valence-corrected chi connectivity index (χ2v) is 31.4. The monoisotopic (exact) mass is 1950 g/mol. The Balaban J connectivity index is 0.000000337. The number of benzene rings is 17. The van der Waals surface area contributed by atoms with E-state index in [1.165, 1.54) is 0 Å². The molecule has 134 heavy (non-hydrogen) atoms. The van der Waals surface area contributed by atoms with Crippen molar-refractivity contribution in [1.82, 2.24) is 0 Å². The average molecular weight is 1950 g/mol. The predicted molar refractivity (Wildman–Crippen MR) is 397 cm³/mol. The van der Waals surface area contributed by atoms with E-state index < -0.39 is 420 Å². The molecule has 0 amide bonds. The highest BCUT2D eigenvalue weighted by molar-refractivity contribution is 7.23. The summed E-state index contributed by atoms with van der Waals surface area (Å²) in [4.78, 5) is -1.48. The molecule has 704 valence electrons. The van der Waals surface area contributed by atoms with Crippen LogP contribution in [0.15, 0.2) is 18.2 Å². The Labute approximate surface area is 713 Å². The first-order valence-electron chi connectivity index (χ1n) is 38.8. The van der Waals surface area contributed by atoms with Crippen LogP contribution in [0.2, 0.25) is 0 Å². The standard InChI is InChI=1S/C64BF36.C24H35F8N/c66-29-9-1-5-17(33(29)70)49(86)61(98)53(90)21(5)41(78)37(74)13(1)45(82)57(94)25(9)65(26-10-2-6-18(34(71)30(10)67)50(87)62(99)54(91)22(6)42(79)38(75)14(2)46(83)58(26)95,27-11-3-7-19(35(72)31(11)68)51(88)63(100)55(92)23(7)43(80)39(76)15(3)47(84)59(27)96)28-12-4-8-20(36(73)32(12)69)52(89)64(101)56(93)24(8)44(81)40(77)16(4)48(85)60(28)97;1-3-5-7-9-10-11-13-18-33(20-16-14-15-19(25)21(20)26)24(31,32)23(29,30)22(27,28)17-12-8-6-4-2/h;14-16H,3-13,17-18H2,1-2H3/q-1;/p+1. The van der Waals surface area contributed by atoms with Gasteiger partial charge in [0.2, 0.25) is 5.82 Å². The Kier molecular flexibility index (Phi) is 22.9. The highest BCUT2D eigenvalue weighted by atomic mass is 19.4. The smallest absolute Gasteiger partial charge is 0.234 e. The molecule has 0 radical (unpaired) electrons. The van der Waals surface area contributed by atoms with Crippen LogP contribution in [-0.4, -0.2) is 30.6 Å². The molecule has 17 aromatic rings. The van der Waals surface area contributed by atoms with Gasteiger partial charge in [0.05, 0.1) is 71.2 Å². The number of nitrogens with one attached hydrogen (secondary N) is 1. The van der Waals surface area contributed by atoms with Gasteiger partial charge in [-0.25, -0.2) is 167 Å². The third-order valence-corrected chi connectivity index (χ3v) is 24.6. The van der Waals surface area contributed by atoms with E-state index in [9.17, 15) is 26.3 Å². The third-order valence-electron chi connectivity index (χ3n) is 24.6. The normalized spacial score (nSPS) is 13.2. The quantitative estimate of drug-likeness (QED) is 0.0183. The summed E-state index contributed by atoms with van der Waals surface area (Å²) in [5, 5.41) is -71.3. The van der Waals surface area contributed by atoms with E-state index in [-0.39, 0.29) is 19.3 Å². The molecule has 0 fully saturated rings. The van der Waals surface area contributed by atoms with Gasteiger partial charge in [0.25, 0.3) is 0 Å². The summed E-state index contributed by atoms with van der Waals surface area (Å²) in [6.07, 6.45) is -4.09. The summed E-state index contributed by atoms with van der Waals surface area (Å²) in [6, 6.07) is -3.06. The molecule has 1 nitrogen and oxygen atoms in total. The summed E-state index contributed by atoms with van der Waals surface area (Å²) in [6.45, 7) is 3.08. The zero-order chi connectivity index (χ0) is 98.6. The summed E-state index contributed by atoms with van der Waals surface area (Å²) in [5.74, 6) is -143. The lowest BCUT2D eigenvalue weighted by atomic mass is 9.11. The molecular formula is C88H36BF44N. The second kappa shape index (κ2) is 32.3. The van der Waals surface area contributed by atoms with Gasteiger partial charge in [-0.2, -0.15) is 22.0 Å². The largest absolute Gasteiger partial charge is 0.464 e. The van der Waals surface area contributed by atoms with Crippen LogP contribution in [0.3, 0.4) is 0 Å². The summed E-state index contributed by atoms with van der Waals surface area (Å²) in [7, 11) is 0. The molecule has 0 spiro atoms. The van der Waals surface area contributed by atoms with E-state index >= 15 is 167 Å². The Morgan fingerprint density at radius 3 is 0.619 bits per heavy atom. The maximum absolute atomic E-state index is 19.3. The minimum atomic E-state index is -8.50. The zero-order valence-electron chi connectivity index (χ0n) is 65.6. The molecule has 0 aliphatic carbocycles. The van der Waals surface area contributed by atoms with Crippen LogP contribution in [0.5, 0.6) is 0 Å². The molecule has 1 N–H and O–H groups in total. The van der Waals surface area contributed by atoms with Gasteiger partial charge < -0.3 is 0 Å². The number of halogens is 44. The predicted octanol–water partition coefficient (Wildman–Crippen LogP) is 27.7. The number of rotatable bonds is 21. The Bertz CT molecular complexity index is 7110. The fourth-order valence-electron chi connectivity index (χ4n) is 18.9. The molecular weight excluding hydrogens is 1920 g/mol.